The molecule has 0 aliphatic carbocycles. The fourth-order valence-corrected chi connectivity index (χ4v) is 5.46. The number of hydrogen-bond donors (Lipinski definition) is 0. The second-order valence-corrected chi connectivity index (χ2v) is 10.8. The summed E-state index contributed by atoms with van der Waals surface area (Å²) in [7, 11) is 6.72. The highest BCUT2D eigenvalue weighted by atomic mass is 35.5. The molecule has 0 saturated carbocycles. The highest BCUT2D eigenvalue weighted by Gasteiger charge is 2.44. The number of pyridine rings is 1. The average Bonchev–Trinajstić information content (AvgIpc) is 3.42. The van der Waals surface area contributed by atoms with Crippen molar-refractivity contribution >= 4 is 40.7 Å². The Balaban J connectivity index is 1.82. The van der Waals surface area contributed by atoms with Gasteiger partial charge in [0, 0.05) is 39.6 Å². The monoisotopic (exact) mass is 584 g/mol. The van der Waals surface area contributed by atoms with E-state index in [1.165, 1.54) is 41.0 Å². The van der Waals surface area contributed by atoms with Gasteiger partial charge in [0.2, 0.25) is 11.8 Å². The van der Waals surface area contributed by atoms with E-state index >= 15 is 0 Å². The van der Waals surface area contributed by atoms with Gasteiger partial charge >= 0.3 is 0 Å². The Morgan fingerprint density at radius 1 is 1.10 bits per heavy atom. The molecule has 4 aromatic rings. The van der Waals surface area contributed by atoms with Gasteiger partial charge in [-0.15, -0.1) is 0 Å². The number of benzene rings is 1. The van der Waals surface area contributed by atoms with Crippen LogP contribution < -0.4 is 20.1 Å². The molecular weight excluding hydrogens is 558 g/mol. The van der Waals surface area contributed by atoms with Crippen LogP contribution in [0.5, 0.6) is 5.88 Å². The largest absolute Gasteiger partial charge is 0.480 e. The number of methoxy groups -OCH3 is 1. The standard InChI is InChI=1S/C28H27Cl2FN6O3/c1-14(2)36-21(18-12-32-28(34(3)4)33-25(18)40-6)11-17-24(36)23(15-7-8-19(30)20(31)9-15)37(26(17)38)22-10-16(29)13-35(5)27(22)39/h7-14,23H,1-6H3. The second kappa shape index (κ2) is 10.3. The molecule has 1 aliphatic rings. The van der Waals surface area contributed by atoms with Crippen LogP contribution in [0.1, 0.15) is 47.5 Å². The van der Waals surface area contributed by atoms with Gasteiger partial charge in [-0.2, -0.15) is 4.98 Å². The number of aryl methyl sites for hydroxylation is 1. The van der Waals surface area contributed by atoms with Crippen LogP contribution in [0.3, 0.4) is 0 Å². The fourth-order valence-electron chi connectivity index (χ4n) is 5.09. The smallest absolute Gasteiger partial charge is 0.274 e. The Bertz CT molecular complexity index is 1720. The molecule has 12 heteroatoms. The van der Waals surface area contributed by atoms with Crippen LogP contribution in [0, 0.1) is 5.82 Å². The molecule has 0 N–H and O–H groups in total. The molecule has 0 fully saturated rings. The molecule has 0 radical (unpaired) electrons. The molecule has 3 aromatic heterocycles. The highest BCUT2D eigenvalue weighted by Crippen LogP contribution is 2.47. The maximum Gasteiger partial charge on any atom is 0.274 e. The molecule has 208 valence electrons. The summed E-state index contributed by atoms with van der Waals surface area (Å²) in [6.45, 7) is 3.94. The SMILES string of the molecule is COc1nc(N(C)C)ncc1-c1cc2c(n1C(C)C)C(c1ccc(Cl)c(F)c1)N(c1cc(Cl)cn(C)c1=O)C2=O. The van der Waals surface area contributed by atoms with Crippen molar-refractivity contribution in [3.8, 4) is 17.1 Å². The summed E-state index contributed by atoms with van der Waals surface area (Å²) in [5, 5.41) is 0.221. The lowest BCUT2D eigenvalue weighted by molar-refractivity contribution is 0.0993. The number of nitrogens with zero attached hydrogens (tertiary/aromatic N) is 6. The van der Waals surface area contributed by atoms with Crippen LogP contribution in [0.2, 0.25) is 10.0 Å². The van der Waals surface area contributed by atoms with Crippen LogP contribution in [-0.2, 0) is 7.05 Å². The summed E-state index contributed by atoms with van der Waals surface area (Å²) in [6.07, 6.45) is 3.12. The van der Waals surface area contributed by atoms with E-state index in [0.29, 0.717) is 39.9 Å². The van der Waals surface area contributed by atoms with Crippen molar-refractivity contribution < 1.29 is 13.9 Å². The first kappa shape index (κ1) is 27.7. The van der Waals surface area contributed by atoms with Crippen molar-refractivity contribution in [1.29, 1.82) is 0 Å². The van der Waals surface area contributed by atoms with Crippen LogP contribution in [-0.4, -0.2) is 46.2 Å². The van der Waals surface area contributed by atoms with Crippen molar-refractivity contribution in [2.75, 3.05) is 31.0 Å². The van der Waals surface area contributed by atoms with E-state index in [1.807, 2.05) is 32.5 Å². The lowest BCUT2D eigenvalue weighted by Gasteiger charge is -2.29. The lowest BCUT2D eigenvalue weighted by Crippen LogP contribution is -2.35. The van der Waals surface area contributed by atoms with Gasteiger partial charge in [0.25, 0.3) is 11.5 Å². The van der Waals surface area contributed by atoms with Crippen LogP contribution in [0.25, 0.3) is 11.3 Å². The summed E-state index contributed by atoms with van der Waals surface area (Å²) < 4.78 is 23.7. The summed E-state index contributed by atoms with van der Waals surface area (Å²) in [4.78, 5) is 39.5. The number of fused-ring (bicyclic) bond motifs is 1. The van der Waals surface area contributed by atoms with Crippen molar-refractivity contribution in [3.63, 3.8) is 0 Å². The maximum atomic E-state index is 14.8. The third-order valence-corrected chi connectivity index (χ3v) is 7.33. The molecular formula is C28H27Cl2FN6O3. The van der Waals surface area contributed by atoms with Gasteiger partial charge in [-0.25, -0.2) is 9.37 Å². The van der Waals surface area contributed by atoms with Crippen molar-refractivity contribution in [2.24, 2.45) is 7.05 Å². The predicted molar refractivity (Wildman–Crippen MR) is 153 cm³/mol. The van der Waals surface area contributed by atoms with E-state index in [-0.39, 0.29) is 21.8 Å². The lowest BCUT2D eigenvalue weighted by atomic mass is 10.0. The topological polar surface area (TPSA) is 85.5 Å². The molecule has 9 nitrogen and oxygen atoms in total. The first-order valence-electron chi connectivity index (χ1n) is 12.4. The molecule has 0 saturated heterocycles. The summed E-state index contributed by atoms with van der Waals surface area (Å²) >= 11 is 12.3. The van der Waals surface area contributed by atoms with E-state index in [9.17, 15) is 14.0 Å². The Hall–Kier alpha value is -3.89. The number of anilines is 2. The molecule has 1 aliphatic heterocycles. The molecule has 1 aromatic carbocycles. The van der Waals surface area contributed by atoms with E-state index < -0.39 is 23.3 Å². The maximum absolute atomic E-state index is 14.8. The zero-order valence-corrected chi connectivity index (χ0v) is 24.2. The number of ether oxygens (including phenoxy) is 1. The molecule has 1 amide bonds. The Labute approximate surface area is 240 Å². The molecule has 4 heterocycles. The Morgan fingerprint density at radius 3 is 2.45 bits per heavy atom. The number of aromatic nitrogens is 4. The Morgan fingerprint density at radius 2 is 1.82 bits per heavy atom. The van der Waals surface area contributed by atoms with Crippen LogP contribution in [0.15, 0.2) is 47.5 Å². The fraction of sp³-hybridized carbons (Fsp3) is 0.286. The van der Waals surface area contributed by atoms with Crippen LogP contribution >= 0.6 is 23.2 Å². The molecule has 1 atom stereocenters. The predicted octanol–water partition coefficient (Wildman–Crippen LogP) is 5.50. The zero-order valence-electron chi connectivity index (χ0n) is 22.7. The number of amides is 1. The summed E-state index contributed by atoms with van der Waals surface area (Å²) in [5.74, 6) is -0.278. The molecule has 0 spiro atoms. The van der Waals surface area contributed by atoms with E-state index in [4.69, 9.17) is 27.9 Å². The third-order valence-electron chi connectivity index (χ3n) is 6.82. The van der Waals surface area contributed by atoms with E-state index in [1.54, 1.807) is 30.3 Å². The van der Waals surface area contributed by atoms with Crippen LogP contribution in [0.4, 0.5) is 16.0 Å². The van der Waals surface area contributed by atoms with Gasteiger partial charge in [-0.1, -0.05) is 29.3 Å². The molecule has 0 bridgehead atoms. The van der Waals surface area contributed by atoms with Gasteiger partial charge in [0.05, 0.1) is 39.7 Å². The van der Waals surface area contributed by atoms with Gasteiger partial charge in [0.1, 0.15) is 17.5 Å². The molecule has 1 unspecified atom stereocenters. The first-order valence-corrected chi connectivity index (χ1v) is 13.2. The summed E-state index contributed by atoms with van der Waals surface area (Å²) in [6, 6.07) is 6.53. The second-order valence-electron chi connectivity index (χ2n) is 9.99. The zero-order chi connectivity index (χ0) is 29.0. The minimum absolute atomic E-state index is 0.0543. The van der Waals surface area contributed by atoms with Crippen molar-refractivity contribution in [3.05, 3.63) is 85.8 Å². The number of carbonyl (C=O) groups is 1. The molecule has 5 rings (SSSR count). The highest BCUT2D eigenvalue weighted by molar-refractivity contribution is 6.31. The minimum Gasteiger partial charge on any atom is -0.480 e. The quantitative estimate of drug-likeness (QED) is 0.298. The van der Waals surface area contributed by atoms with Gasteiger partial charge in [0.15, 0.2) is 0 Å². The number of halogens is 3. The van der Waals surface area contributed by atoms with Crippen molar-refractivity contribution in [1.82, 2.24) is 19.1 Å². The van der Waals surface area contributed by atoms with E-state index in [2.05, 4.69) is 9.97 Å². The minimum atomic E-state index is -0.857. The van der Waals surface area contributed by atoms with Gasteiger partial charge in [-0.05, 0) is 43.7 Å². The number of hydrogen-bond acceptors (Lipinski definition) is 6. The Kier molecular flexibility index (Phi) is 7.09. The third kappa shape index (κ3) is 4.41. The normalized spacial score (nSPS) is 14.7. The number of carbonyl (C=O) groups excluding carboxylic acids is 1. The average molecular weight is 585 g/mol. The van der Waals surface area contributed by atoms with Gasteiger partial charge < -0.3 is 18.8 Å². The summed E-state index contributed by atoms with van der Waals surface area (Å²) in [5.41, 5.74) is 2.25. The number of rotatable bonds is 6. The van der Waals surface area contributed by atoms with Crippen molar-refractivity contribution in [2.45, 2.75) is 25.9 Å². The van der Waals surface area contributed by atoms with E-state index in [0.717, 1.165) is 0 Å². The molecule has 40 heavy (non-hydrogen) atoms. The first-order chi connectivity index (χ1) is 18.9. The van der Waals surface area contributed by atoms with Gasteiger partial charge in [-0.3, -0.25) is 14.5 Å².